The van der Waals surface area contributed by atoms with Gasteiger partial charge in [-0.05, 0) is 0 Å². The lowest BCUT2D eigenvalue weighted by atomic mass is 11.0. The van der Waals surface area contributed by atoms with Gasteiger partial charge < -0.3 is 0 Å². The molecule has 0 rings (SSSR count). The van der Waals surface area contributed by atoms with Gasteiger partial charge in [0.25, 0.3) is 0 Å². The van der Waals surface area contributed by atoms with Gasteiger partial charge in [0.2, 0.25) is 9.05 Å². The van der Waals surface area contributed by atoms with Crippen molar-refractivity contribution < 1.29 is 33.0 Å². The van der Waals surface area contributed by atoms with Crippen molar-refractivity contribution in [3.05, 3.63) is 12.0 Å². The fourth-order valence-electron chi connectivity index (χ4n) is 0.184. The number of rotatable bonds is 5. The van der Waals surface area contributed by atoms with Crippen molar-refractivity contribution in [2.24, 2.45) is 0 Å². The van der Waals surface area contributed by atoms with Gasteiger partial charge in [0, 0.05) is 22.4 Å². The molecule has 0 aliphatic rings. The van der Waals surface area contributed by atoms with Crippen LogP contribution in [0.1, 0.15) is 0 Å². The van der Waals surface area contributed by atoms with E-state index in [4.69, 9.17) is 33.9 Å². The molecule has 0 fully saturated rings. The van der Waals surface area contributed by atoms with Crippen LogP contribution in [-0.2, 0) is 29.5 Å². The van der Waals surface area contributed by atoms with Crippen molar-refractivity contribution in [3.8, 4) is 0 Å². The van der Waals surface area contributed by atoms with E-state index >= 15 is 0 Å². The first-order chi connectivity index (χ1) is 8.68. The molecule has 0 atom stereocenters. The molecule has 0 saturated carbocycles. The molecule has 0 spiro atoms. The van der Waals surface area contributed by atoms with E-state index in [-0.39, 0.29) is 22.9 Å². The van der Waals surface area contributed by atoms with E-state index in [2.05, 4.69) is 6.58 Å². The molecule has 0 aliphatic carbocycles. The normalized spacial score (nSPS) is 11.4. The van der Waals surface area contributed by atoms with Crippen molar-refractivity contribution in [3.63, 3.8) is 0 Å². The maximum absolute atomic E-state index is 11.3. The standard InChI is InChI=1S/C2H4Cl2O2S.C2H4ClFO2S.C2H3FO2S/c2*3-1-2-7(4,5)6;1-2-6(3,4)5/h2*1-2H2;2H,1H2. The Hall–Kier alpha value is 0.320. The van der Waals surface area contributed by atoms with Gasteiger partial charge in [-0.1, -0.05) is 6.58 Å². The van der Waals surface area contributed by atoms with Crippen LogP contribution in [0.3, 0.4) is 0 Å². The first-order valence-corrected chi connectivity index (χ1v) is 10.8. The summed E-state index contributed by atoms with van der Waals surface area (Å²) in [6.07, 6.45) is 0. The van der Waals surface area contributed by atoms with Crippen LogP contribution >= 0.6 is 33.9 Å². The second-order valence-electron chi connectivity index (χ2n) is 2.51. The van der Waals surface area contributed by atoms with Gasteiger partial charge in [-0.15, -0.1) is 31.0 Å². The van der Waals surface area contributed by atoms with Crippen molar-refractivity contribution in [1.82, 2.24) is 0 Å². The van der Waals surface area contributed by atoms with E-state index in [0.29, 0.717) is 0 Å². The van der Waals surface area contributed by atoms with Gasteiger partial charge in [0.1, 0.15) is 0 Å². The lowest BCUT2D eigenvalue weighted by Gasteiger charge is -1.82. The van der Waals surface area contributed by atoms with Crippen molar-refractivity contribution in [2.45, 2.75) is 0 Å². The zero-order valence-corrected chi connectivity index (χ0v) is 14.4. The highest BCUT2D eigenvalue weighted by Crippen LogP contribution is 1.95. The molecule has 0 radical (unpaired) electrons. The van der Waals surface area contributed by atoms with Gasteiger partial charge >= 0.3 is 20.4 Å². The molecule has 14 heteroatoms. The van der Waals surface area contributed by atoms with Crippen LogP contribution in [0.4, 0.5) is 7.77 Å². The summed E-state index contributed by atoms with van der Waals surface area (Å²) < 4.78 is 79.5. The van der Waals surface area contributed by atoms with Crippen LogP contribution in [0.2, 0.25) is 0 Å². The topological polar surface area (TPSA) is 102 Å². The van der Waals surface area contributed by atoms with Crippen LogP contribution in [0, 0.1) is 0 Å². The Kier molecular flexibility index (Phi) is 15.1. The fourth-order valence-corrected chi connectivity index (χ4v) is 2.18. The van der Waals surface area contributed by atoms with E-state index in [1.807, 2.05) is 0 Å². The van der Waals surface area contributed by atoms with Crippen LogP contribution < -0.4 is 0 Å². The van der Waals surface area contributed by atoms with Gasteiger partial charge in [-0.3, -0.25) is 0 Å². The van der Waals surface area contributed by atoms with E-state index in [9.17, 15) is 33.0 Å². The van der Waals surface area contributed by atoms with E-state index in [0.717, 1.165) is 0 Å². The van der Waals surface area contributed by atoms with E-state index in [1.165, 1.54) is 0 Å². The zero-order chi connectivity index (χ0) is 17.0. The summed E-state index contributed by atoms with van der Waals surface area (Å²) in [7, 11) is -7.32. The third-order valence-electron chi connectivity index (χ3n) is 0.841. The largest absolute Gasteiger partial charge is 0.324 e. The predicted molar refractivity (Wildman–Crippen MR) is 76.2 cm³/mol. The third-order valence-corrected chi connectivity index (χ3v) is 3.91. The van der Waals surface area contributed by atoms with Gasteiger partial charge in [0.15, 0.2) is 0 Å². The molecular weight excluding hydrogens is 409 g/mol. The van der Waals surface area contributed by atoms with Crippen LogP contribution in [0.25, 0.3) is 0 Å². The molecule has 124 valence electrons. The molecule has 0 aromatic rings. The second kappa shape index (κ2) is 11.9. The summed E-state index contributed by atoms with van der Waals surface area (Å²) in [5.74, 6) is -0.866. The Balaban J connectivity index is -0.000000218. The molecule has 0 aromatic heterocycles. The number of alkyl halides is 2. The summed E-state index contributed by atoms with van der Waals surface area (Å²) >= 11 is 9.89. The minimum absolute atomic E-state index is 0.0613. The molecule has 20 heavy (non-hydrogen) atoms. The molecular formula is C6H11Cl3F2O6S3. The van der Waals surface area contributed by atoms with E-state index < -0.39 is 35.3 Å². The van der Waals surface area contributed by atoms with Gasteiger partial charge in [-0.2, -0.15) is 16.8 Å². The third kappa shape index (κ3) is 42.9. The molecule has 0 aliphatic heterocycles. The van der Waals surface area contributed by atoms with Crippen LogP contribution in [0.5, 0.6) is 0 Å². The molecule has 0 heterocycles. The molecule has 6 nitrogen and oxygen atoms in total. The predicted octanol–water partition coefficient (Wildman–Crippen LogP) is 1.75. The number of halogens is 5. The number of hydrogen-bond donors (Lipinski definition) is 0. The first kappa shape index (κ1) is 25.3. The highest BCUT2D eigenvalue weighted by atomic mass is 35.7. The van der Waals surface area contributed by atoms with E-state index in [1.54, 1.807) is 0 Å². The molecule has 0 unspecified atom stereocenters. The average molecular weight is 420 g/mol. The SMILES string of the molecule is C=CS(=O)(=O)F.O=S(=O)(Cl)CCCl.O=S(=O)(F)CCCl. The summed E-state index contributed by atoms with van der Waals surface area (Å²) in [6, 6.07) is 0. The monoisotopic (exact) mass is 418 g/mol. The second-order valence-corrected chi connectivity index (χ2v) is 8.93. The Morgan fingerprint density at radius 2 is 1.20 bits per heavy atom. The Bertz CT molecular complexity index is 511. The van der Waals surface area contributed by atoms with Crippen molar-refractivity contribution in [1.29, 1.82) is 0 Å². The highest BCUT2D eigenvalue weighted by Gasteiger charge is 2.02. The molecule has 0 N–H and O–H groups in total. The quantitative estimate of drug-likeness (QED) is 0.497. The van der Waals surface area contributed by atoms with Crippen molar-refractivity contribution >= 4 is 63.4 Å². The Morgan fingerprint density at radius 3 is 1.20 bits per heavy atom. The molecule has 0 bridgehead atoms. The smallest absolute Gasteiger partial charge is 0.212 e. The molecule has 0 saturated heterocycles. The average Bonchev–Trinajstić information content (AvgIpc) is 2.14. The lowest BCUT2D eigenvalue weighted by Crippen LogP contribution is -1.97. The van der Waals surface area contributed by atoms with Crippen LogP contribution in [-0.4, -0.2) is 48.5 Å². The first-order valence-electron chi connectivity index (χ1n) is 4.22. The summed E-state index contributed by atoms with van der Waals surface area (Å²) in [5.41, 5.74) is 0. The van der Waals surface area contributed by atoms with Gasteiger partial charge in [-0.25, -0.2) is 8.42 Å². The minimum atomic E-state index is -4.40. The molecule has 0 amide bonds. The maximum Gasteiger partial charge on any atom is 0.324 e. The lowest BCUT2D eigenvalue weighted by molar-refractivity contribution is 0.553. The zero-order valence-electron chi connectivity index (χ0n) is 9.68. The maximum atomic E-state index is 11.3. The summed E-state index contributed by atoms with van der Waals surface area (Å²) in [6.45, 7) is 2.67. The van der Waals surface area contributed by atoms with Gasteiger partial charge in [0.05, 0.1) is 16.9 Å². The molecule has 0 aromatic carbocycles. The minimum Gasteiger partial charge on any atom is -0.212 e. The van der Waals surface area contributed by atoms with Crippen LogP contribution in [0.15, 0.2) is 12.0 Å². The van der Waals surface area contributed by atoms with Crippen molar-refractivity contribution in [2.75, 3.05) is 23.3 Å². The fraction of sp³-hybridized carbons (Fsp3) is 0.667. The number of hydrogen-bond acceptors (Lipinski definition) is 6. The summed E-state index contributed by atoms with van der Waals surface area (Å²) in [5, 5.41) is 0.243. The Labute approximate surface area is 131 Å². The Morgan fingerprint density at radius 1 is 0.900 bits per heavy atom. The highest BCUT2D eigenvalue weighted by molar-refractivity contribution is 8.13. The summed E-state index contributed by atoms with van der Waals surface area (Å²) in [4.78, 5) is 0.